The lowest BCUT2D eigenvalue weighted by molar-refractivity contribution is 0.101. The van der Waals surface area contributed by atoms with E-state index in [4.69, 9.17) is 5.14 Å². The molecule has 140 valence electrons. The van der Waals surface area contributed by atoms with Crippen LogP contribution in [-0.2, 0) is 16.6 Å². The molecule has 0 bridgehead atoms. The number of ketones is 1. The number of aromatic amines is 1. The number of H-pyrrole nitrogens is 1. The van der Waals surface area contributed by atoms with Gasteiger partial charge in [0.1, 0.15) is 5.69 Å². The second-order valence-electron chi connectivity index (χ2n) is 5.97. The number of hydrogen-bond acceptors (Lipinski definition) is 4. The number of amides is 1. The quantitative estimate of drug-likeness (QED) is 0.550. The molecule has 1 heterocycles. The van der Waals surface area contributed by atoms with Crippen molar-refractivity contribution >= 4 is 33.3 Å². The summed E-state index contributed by atoms with van der Waals surface area (Å²) >= 11 is 0. The molecule has 0 unspecified atom stereocenters. The van der Waals surface area contributed by atoms with E-state index >= 15 is 0 Å². The number of benzene rings is 1. The minimum Gasteiger partial charge on any atom is -0.354 e. The number of rotatable bonds is 7. The van der Waals surface area contributed by atoms with Gasteiger partial charge in [-0.2, -0.15) is 8.42 Å². The van der Waals surface area contributed by atoms with Gasteiger partial charge < -0.3 is 10.3 Å². The van der Waals surface area contributed by atoms with Crippen molar-refractivity contribution in [3.8, 4) is 0 Å². The minimum atomic E-state index is -3.91. The largest absolute Gasteiger partial charge is 0.354 e. The molecule has 1 amide bonds. The smallest absolute Gasteiger partial charge is 0.296 e. The Bertz CT molecular complexity index is 948. The Kier molecular flexibility index (Phi) is 5.83. The zero-order valence-corrected chi connectivity index (χ0v) is 15.7. The summed E-state index contributed by atoms with van der Waals surface area (Å²) in [6.45, 7) is 5.19. The third-order valence-corrected chi connectivity index (χ3v) is 4.27. The molecule has 0 aliphatic carbocycles. The maximum absolute atomic E-state index is 12.7. The Hall–Kier alpha value is -2.65. The van der Waals surface area contributed by atoms with Gasteiger partial charge in [0.25, 0.3) is 16.1 Å². The molecular weight excluding hydrogens is 356 g/mol. The summed E-state index contributed by atoms with van der Waals surface area (Å²) in [5.74, 6) is -0.502. The van der Waals surface area contributed by atoms with E-state index < -0.39 is 16.1 Å². The van der Waals surface area contributed by atoms with Crippen molar-refractivity contribution in [2.45, 2.75) is 33.6 Å². The zero-order chi connectivity index (χ0) is 19.5. The number of nitrogens with two attached hydrogens (primary N) is 1. The molecule has 5 N–H and O–H groups in total. The van der Waals surface area contributed by atoms with Gasteiger partial charge >= 0.3 is 0 Å². The molecule has 0 aliphatic rings. The van der Waals surface area contributed by atoms with Crippen LogP contribution in [0, 0.1) is 6.92 Å². The number of hydrogen-bond donors (Lipinski definition) is 4. The summed E-state index contributed by atoms with van der Waals surface area (Å²) < 4.78 is 24.4. The van der Waals surface area contributed by atoms with Gasteiger partial charge in [-0.1, -0.05) is 19.4 Å². The molecule has 1 aromatic heterocycles. The predicted molar refractivity (Wildman–Crippen MR) is 101 cm³/mol. The van der Waals surface area contributed by atoms with Gasteiger partial charge in [0, 0.05) is 16.9 Å². The van der Waals surface area contributed by atoms with Gasteiger partial charge in [-0.3, -0.25) is 14.3 Å². The molecule has 2 aromatic rings. The summed E-state index contributed by atoms with van der Waals surface area (Å²) in [5.41, 5.74) is 2.83. The second kappa shape index (κ2) is 7.71. The lowest BCUT2D eigenvalue weighted by Crippen LogP contribution is -2.21. The van der Waals surface area contributed by atoms with Crippen molar-refractivity contribution in [2.75, 3.05) is 10.0 Å². The molecule has 26 heavy (non-hydrogen) atoms. The summed E-state index contributed by atoms with van der Waals surface area (Å²) in [6.07, 6.45) is 1.38. The van der Waals surface area contributed by atoms with Gasteiger partial charge in [-0.15, -0.1) is 0 Å². The van der Waals surface area contributed by atoms with Crippen LogP contribution >= 0.6 is 0 Å². The highest BCUT2D eigenvalue weighted by atomic mass is 32.2. The molecule has 0 saturated heterocycles. The highest BCUT2D eigenvalue weighted by molar-refractivity contribution is 7.90. The first kappa shape index (κ1) is 19.7. The number of nitrogens with one attached hydrogen (secondary N) is 3. The van der Waals surface area contributed by atoms with Gasteiger partial charge in [-0.05, 0) is 44.0 Å². The van der Waals surface area contributed by atoms with Gasteiger partial charge in [0.05, 0.1) is 5.69 Å². The SMILES string of the molecule is CCCc1c(C(=O)Nc2cccc(NS(N)(=O)=O)c2)[nH]c(C)c1C(C)=O. The molecule has 8 nitrogen and oxygen atoms in total. The second-order valence-corrected chi connectivity index (χ2v) is 7.26. The van der Waals surface area contributed by atoms with E-state index in [-0.39, 0.29) is 11.5 Å². The van der Waals surface area contributed by atoms with E-state index in [2.05, 4.69) is 15.0 Å². The van der Waals surface area contributed by atoms with Crippen molar-refractivity contribution in [2.24, 2.45) is 5.14 Å². The standard InChI is InChI=1S/C17H22N4O4S/c1-4-6-14-15(11(3)22)10(2)19-16(14)17(23)20-12-7-5-8-13(9-12)21-26(18,24)25/h5,7-9,19,21H,4,6H2,1-3H3,(H,20,23)(H2,18,24,25). The molecule has 1 aromatic carbocycles. The van der Waals surface area contributed by atoms with E-state index in [1.807, 2.05) is 6.92 Å². The molecule has 0 atom stereocenters. The van der Waals surface area contributed by atoms with Crippen LogP contribution in [0.5, 0.6) is 0 Å². The Labute approximate surface area is 152 Å². The Morgan fingerprint density at radius 2 is 1.88 bits per heavy atom. The first-order valence-electron chi connectivity index (χ1n) is 8.06. The Morgan fingerprint density at radius 3 is 2.46 bits per heavy atom. The van der Waals surface area contributed by atoms with E-state index in [1.54, 1.807) is 19.1 Å². The molecule has 0 saturated carbocycles. The minimum absolute atomic E-state index is 0.0967. The monoisotopic (exact) mass is 378 g/mol. The summed E-state index contributed by atoms with van der Waals surface area (Å²) in [5, 5.41) is 7.65. The van der Waals surface area contributed by atoms with Gasteiger partial charge in [0.15, 0.2) is 5.78 Å². The predicted octanol–water partition coefficient (Wildman–Crippen LogP) is 2.35. The average molecular weight is 378 g/mol. The fraction of sp³-hybridized carbons (Fsp3) is 0.294. The van der Waals surface area contributed by atoms with Gasteiger partial charge in [0.2, 0.25) is 0 Å². The zero-order valence-electron chi connectivity index (χ0n) is 14.8. The van der Waals surface area contributed by atoms with Crippen molar-refractivity contribution in [1.29, 1.82) is 0 Å². The van der Waals surface area contributed by atoms with Crippen LogP contribution in [0.15, 0.2) is 24.3 Å². The Morgan fingerprint density at radius 1 is 1.23 bits per heavy atom. The maximum Gasteiger partial charge on any atom is 0.296 e. The van der Waals surface area contributed by atoms with Crippen LogP contribution in [0.1, 0.15) is 52.4 Å². The lowest BCUT2D eigenvalue weighted by atomic mass is 10.0. The third kappa shape index (κ3) is 4.70. The van der Waals surface area contributed by atoms with Crippen molar-refractivity contribution in [3.05, 3.63) is 46.8 Å². The first-order valence-corrected chi connectivity index (χ1v) is 9.61. The molecule has 2 rings (SSSR count). The van der Waals surface area contributed by atoms with Crippen molar-refractivity contribution in [3.63, 3.8) is 0 Å². The van der Waals surface area contributed by atoms with Crippen LogP contribution in [-0.4, -0.2) is 25.1 Å². The molecule has 0 fully saturated rings. The molecule has 0 aliphatic heterocycles. The fourth-order valence-corrected chi connectivity index (χ4v) is 3.32. The summed E-state index contributed by atoms with van der Waals surface area (Å²) in [4.78, 5) is 27.6. The summed E-state index contributed by atoms with van der Waals surface area (Å²) in [7, 11) is -3.91. The maximum atomic E-state index is 12.7. The number of aryl methyl sites for hydroxylation is 1. The molecule has 0 spiro atoms. The topological polar surface area (TPSA) is 134 Å². The average Bonchev–Trinajstić information content (AvgIpc) is 2.83. The molecule has 9 heteroatoms. The third-order valence-electron chi connectivity index (χ3n) is 3.75. The van der Waals surface area contributed by atoms with Crippen LogP contribution in [0.25, 0.3) is 0 Å². The Balaban J connectivity index is 2.32. The number of carbonyl (C=O) groups excluding carboxylic acids is 2. The lowest BCUT2D eigenvalue weighted by Gasteiger charge is -2.09. The van der Waals surface area contributed by atoms with Gasteiger partial charge in [-0.25, -0.2) is 5.14 Å². The number of anilines is 2. The van der Waals surface area contributed by atoms with Crippen LogP contribution < -0.4 is 15.2 Å². The van der Waals surface area contributed by atoms with E-state index in [9.17, 15) is 18.0 Å². The normalized spacial score (nSPS) is 11.2. The number of Topliss-reactive ketones (excluding diaryl/α,β-unsaturated/α-hetero) is 1. The van der Waals surface area contributed by atoms with Crippen molar-refractivity contribution < 1.29 is 18.0 Å². The summed E-state index contributed by atoms with van der Waals surface area (Å²) in [6, 6.07) is 6.16. The number of carbonyl (C=O) groups is 2. The highest BCUT2D eigenvalue weighted by Gasteiger charge is 2.22. The van der Waals surface area contributed by atoms with Crippen molar-refractivity contribution in [1.82, 2.24) is 4.98 Å². The van der Waals surface area contributed by atoms with Crippen LogP contribution in [0.3, 0.4) is 0 Å². The molecular formula is C17H22N4O4S. The first-order chi connectivity index (χ1) is 12.1. The van der Waals surface area contributed by atoms with Crippen LogP contribution in [0.4, 0.5) is 11.4 Å². The highest BCUT2D eigenvalue weighted by Crippen LogP contribution is 2.23. The molecule has 0 radical (unpaired) electrons. The number of aromatic nitrogens is 1. The van der Waals surface area contributed by atoms with E-state index in [1.165, 1.54) is 19.1 Å². The van der Waals surface area contributed by atoms with E-state index in [0.29, 0.717) is 34.6 Å². The van der Waals surface area contributed by atoms with Crippen LogP contribution in [0.2, 0.25) is 0 Å². The fourth-order valence-electron chi connectivity index (χ4n) is 2.87. The van der Waals surface area contributed by atoms with E-state index in [0.717, 1.165) is 6.42 Å².